The van der Waals surface area contributed by atoms with Crippen molar-refractivity contribution in [3.63, 3.8) is 0 Å². The quantitative estimate of drug-likeness (QED) is 0.810. The van der Waals surface area contributed by atoms with Crippen LogP contribution in [0.3, 0.4) is 0 Å². The van der Waals surface area contributed by atoms with E-state index in [1.165, 1.54) is 6.42 Å². The summed E-state index contributed by atoms with van der Waals surface area (Å²) in [6.07, 6.45) is 3.48. The Bertz CT molecular complexity index is 386. The number of carbonyl (C=O) groups is 1. The fourth-order valence-corrected chi connectivity index (χ4v) is 2.39. The third-order valence-corrected chi connectivity index (χ3v) is 3.31. The predicted molar refractivity (Wildman–Crippen MR) is 65.4 cm³/mol. The van der Waals surface area contributed by atoms with Gasteiger partial charge in [-0.3, -0.25) is 4.79 Å². The molecule has 2 rings (SSSR count). The van der Waals surface area contributed by atoms with Crippen LogP contribution in [-0.2, 0) is 0 Å². The Hall–Kier alpha value is -1.31. The van der Waals surface area contributed by atoms with Crippen LogP contribution in [0.25, 0.3) is 0 Å². The number of hydrogen-bond acceptors (Lipinski definition) is 1. The Morgan fingerprint density at radius 2 is 2.19 bits per heavy atom. The van der Waals surface area contributed by atoms with Crippen molar-refractivity contribution in [1.29, 1.82) is 0 Å². The summed E-state index contributed by atoms with van der Waals surface area (Å²) < 4.78 is 0. The Morgan fingerprint density at radius 1 is 1.38 bits per heavy atom. The van der Waals surface area contributed by atoms with Crippen molar-refractivity contribution >= 4 is 5.91 Å². The second-order valence-electron chi connectivity index (χ2n) is 4.96. The lowest BCUT2D eigenvalue weighted by Crippen LogP contribution is -2.32. The minimum atomic E-state index is 0.0720. The van der Waals surface area contributed by atoms with Crippen molar-refractivity contribution in [3.05, 3.63) is 35.4 Å². The first-order chi connectivity index (χ1) is 7.65. The number of amides is 1. The summed E-state index contributed by atoms with van der Waals surface area (Å²) in [5, 5.41) is 3.11. The van der Waals surface area contributed by atoms with E-state index in [2.05, 4.69) is 12.2 Å². The van der Waals surface area contributed by atoms with Crippen LogP contribution < -0.4 is 5.32 Å². The molecular formula is C14H19NO. The lowest BCUT2D eigenvalue weighted by Gasteiger charge is -2.12. The van der Waals surface area contributed by atoms with E-state index in [9.17, 15) is 4.79 Å². The zero-order valence-corrected chi connectivity index (χ0v) is 9.99. The lowest BCUT2D eigenvalue weighted by atomic mass is 10.1. The molecule has 1 amide bonds. The van der Waals surface area contributed by atoms with Crippen LogP contribution in [0.15, 0.2) is 24.3 Å². The molecule has 1 aliphatic rings. The molecule has 2 atom stereocenters. The summed E-state index contributed by atoms with van der Waals surface area (Å²) in [7, 11) is 0. The van der Waals surface area contributed by atoms with Gasteiger partial charge >= 0.3 is 0 Å². The molecule has 16 heavy (non-hydrogen) atoms. The van der Waals surface area contributed by atoms with Crippen molar-refractivity contribution < 1.29 is 4.79 Å². The van der Waals surface area contributed by atoms with Crippen LogP contribution in [-0.4, -0.2) is 11.9 Å². The molecule has 1 aromatic rings. The minimum absolute atomic E-state index is 0.0720. The van der Waals surface area contributed by atoms with Gasteiger partial charge in [0.15, 0.2) is 0 Å². The fourth-order valence-electron chi connectivity index (χ4n) is 2.39. The molecular weight excluding hydrogens is 198 g/mol. The van der Waals surface area contributed by atoms with Gasteiger partial charge in [0.1, 0.15) is 0 Å². The maximum absolute atomic E-state index is 11.9. The van der Waals surface area contributed by atoms with E-state index >= 15 is 0 Å². The monoisotopic (exact) mass is 217 g/mol. The minimum Gasteiger partial charge on any atom is -0.349 e. The molecule has 1 N–H and O–H groups in total. The molecule has 0 aliphatic heterocycles. The number of benzene rings is 1. The largest absolute Gasteiger partial charge is 0.349 e. The molecule has 1 saturated carbocycles. The molecule has 1 aliphatic carbocycles. The van der Waals surface area contributed by atoms with E-state index in [1.54, 1.807) is 0 Å². The Morgan fingerprint density at radius 3 is 2.81 bits per heavy atom. The molecule has 1 aromatic carbocycles. The number of nitrogens with one attached hydrogen (secondary N) is 1. The summed E-state index contributed by atoms with van der Waals surface area (Å²) in [6.45, 7) is 4.26. The summed E-state index contributed by atoms with van der Waals surface area (Å²) in [5.41, 5.74) is 1.91. The molecule has 0 saturated heterocycles. The average Bonchev–Trinajstić information content (AvgIpc) is 2.64. The normalized spacial score (nSPS) is 24.4. The Labute approximate surface area is 97.1 Å². The van der Waals surface area contributed by atoms with E-state index < -0.39 is 0 Å². The van der Waals surface area contributed by atoms with E-state index in [-0.39, 0.29) is 5.91 Å². The van der Waals surface area contributed by atoms with E-state index in [4.69, 9.17) is 0 Å². The first-order valence-corrected chi connectivity index (χ1v) is 6.02. The molecule has 0 aromatic heterocycles. The van der Waals surface area contributed by atoms with Gasteiger partial charge in [-0.05, 0) is 44.2 Å². The van der Waals surface area contributed by atoms with Gasteiger partial charge in [0.25, 0.3) is 5.91 Å². The second kappa shape index (κ2) is 4.69. The standard InChI is InChI=1S/C14H19NO/c1-10-4-3-5-12(8-10)14(16)15-13-7-6-11(2)9-13/h3-5,8,11,13H,6-7,9H2,1-2H3,(H,15,16). The smallest absolute Gasteiger partial charge is 0.251 e. The maximum Gasteiger partial charge on any atom is 0.251 e. The highest BCUT2D eigenvalue weighted by molar-refractivity contribution is 5.94. The van der Waals surface area contributed by atoms with Gasteiger partial charge in [0.2, 0.25) is 0 Å². The summed E-state index contributed by atoms with van der Waals surface area (Å²) in [6, 6.07) is 8.13. The zero-order chi connectivity index (χ0) is 11.5. The third kappa shape index (κ3) is 2.63. The summed E-state index contributed by atoms with van der Waals surface area (Å²) >= 11 is 0. The Balaban J connectivity index is 1.98. The third-order valence-electron chi connectivity index (χ3n) is 3.31. The highest BCUT2D eigenvalue weighted by Crippen LogP contribution is 2.24. The molecule has 2 nitrogen and oxygen atoms in total. The van der Waals surface area contributed by atoms with Crippen LogP contribution in [0.1, 0.15) is 42.1 Å². The van der Waals surface area contributed by atoms with Gasteiger partial charge in [-0.2, -0.15) is 0 Å². The molecule has 0 bridgehead atoms. The zero-order valence-electron chi connectivity index (χ0n) is 9.99. The van der Waals surface area contributed by atoms with E-state index in [0.717, 1.165) is 29.9 Å². The first-order valence-electron chi connectivity index (χ1n) is 6.02. The van der Waals surface area contributed by atoms with Gasteiger partial charge < -0.3 is 5.32 Å². The molecule has 2 unspecified atom stereocenters. The average molecular weight is 217 g/mol. The number of aryl methyl sites for hydroxylation is 1. The van der Waals surface area contributed by atoms with Crippen molar-refractivity contribution in [2.75, 3.05) is 0 Å². The number of carbonyl (C=O) groups excluding carboxylic acids is 1. The van der Waals surface area contributed by atoms with Crippen LogP contribution in [0.2, 0.25) is 0 Å². The van der Waals surface area contributed by atoms with Crippen molar-refractivity contribution in [2.24, 2.45) is 5.92 Å². The molecule has 0 spiro atoms. The van der Waals surface area contributed by atoms with E-state index in [0.29, 0.717) is 6.04 Å². The number of rotatable bonds is 2. The maximum atomic E-state index is 11.9. The van der Waals surface area contributed by atoms with Crippen LogP contribution in [0.5, 0.6) is 0 Å². The predicted octanol–water partition coefficient (Wildman–Crippen LogP) is 2.91. The van der Waals surface area contributed by atoms with Gasteiger partial charge in [-0.15, -0.1) is 0 Å². The molecule has 2 heteroatoms. The fraction of sp³-hybridized carbons (Fsp3) is 0.500. The van der Waals surface area contributed by atoms with Gasteiger partial charge in [0, 0.05) is 11.6 Å². The van der Waals surface area contributed by atoms with Crippen molar-refractivity contribution in [1.82, 2.24) is 5.32 Å². The SMILES string of the molecule is Cc1cccc(C(=O)NC2CCC(C)C2)c1. The first kappa shape index (κ1) is 11.2. The summed E-state index contributed by atoms with van der Waals surface area (Å²) in [4.78, 5) is 11.9. The van der Waals surface area contributed by atoms with Gasteiger partial charge in [-0.25, -0.2) is 0 Å². The Kier molecular flexibility index (Phi) is 3.28. The number of hydrogen-bond donors (Lipinski definition) is 1. The molecule has 1 fully saturated rings. The van der Waals surface area contributed by atoms with Crippen LogP contribution in [0, 0.1) is 12.8 Å². The van der Waals surface area contributed by atoms with E-state index in [1.807, 2.05) is 31.2 Å². The molecule has 86 valence electrons. The van der Waals surface area contributed by atoms with Gasteiger partial charge in [0.05, 0.1) is 0 Å². The van der Waals surface area contributed by atoms with Crippen LogP contribution in [0.4, 0.5) is 0 Å². The van der Waals surface area contributed by atoms with Crippen molar-refractivity contribution in [3.8, 4) is 0 Å². The molecule has 0 heterocycles. The molecule has 0 radical (unpaired) electrons. The topological polar surface area (TPSA) is 29.1 Å². The highest BCUT2D eigenvalue weighted by Gasteiger charge is 2.22. The van der Waals surface area contributed by atoms with Crippen molar-refractivity contribution in [2.45, 2.75) is 39.2 Å². The van der Waals surface area contributed by atoms with Crippen LogP contribution >= 0.6 is 0 Å². The highest BCUT2D eigenvalue weighted by atomic mass is 16.1. The second-order valence-corrected chi connectivity index (χ2v) is 4.96. The van der Waals surface area contributed by atoms with Gasteiger partial charge in [-0.1, -0.05) is 24.6 Å². The summed E-state index contributed by atoms with van der Waals surface area (Å²) in [5.74, 6) is 0.825. The lowest BCUT2D eigenvalue weighted by molar-refractivity contribution is 0.0937.